The molecule has 2 aromatic carbocycles. The summed E-state index contributed by atoms with van der Waals surface area (Å²) in [4.78, 5) is 31.4. The molecule has 2 fully saturated rings. The molecule has 2 atom stereocenters. The number of halogens is 1. The number of rotatable bonds is 4. The predicted octanol–water partition coefficient (Wildman–Crippen LogP) is 3.64. The minimum Gasteiger partial charge on any atom is -0.489 e. The molecule has 5 rings (SSSR count). The standard InChI is InChI=1S/C24H21ClN4O4/c1-14-27-21-8-16(11-26)22(33-19-6-7-28-18(9-19)13-32-24(28)31)10-20(21)23(30)29(14)12-15-2-4-17(25)5-3-15/h2-5,8,10,18-19H,6-7,9,12-13H2,1H3/t18-,19-/m0/s1. The summed E-state index contributed by atoms with van der Waals surface area (Å²) in [6.45, 7) is 3.01. The smallest absolute Gasteiger partial charge is 0.410 e. The van der Waals surface area contributed by atoms with Crippen molar-refractivity contribution in [3.8, 4) is 11.8 Å². The van der Waals surface area contributed by atoms with Crippen LogP contribution in [-0.2, 0) is 11.3 Å². The minimum absolute atomic E-state index is 0.0249. The third-order valence-electron chi connectivity index (χ3n) is 6.22. The number of hydrogen-bond acceptors (Lipinski definition) is 6. The van der Waals surface area contributed by atoms with Crippen LogP contribution in [0.2, 0.25) is 5.02 Å². The second-order valence-electron chi connectivity index (χ2n) is 8.34. The number of benzene rings is 2. The van der Waals surface area contributed by atoms with Gasteiger partial charge in [-0.15, -0.1) is 0 Å². The highest BCUT2D eigenvalue weighted by molar-refractivity contribution is 6.30. The average Bonchev–Trinajstić information content (AvgIpc) is 3.18. The monoisotopic (exact) mass is 464 g/mol. The molecule has 1 amide bonds. The van der Waals surface area contributed by atoms with Crippen molar-refractivity contribution in [2.75, 3.05) is 13.2 Å². The first-order chi connectivity index (χ1) is 15.9. The van der Waals surface area contributed by atoms with Crippen LogP contribution in [0.5, 0.6) is 5.75 Å². The van der Waals surface area contributed by atoms with E-state index in [-0.39, 0.29) is 23.8 Å². The van der Waals surface area contributed by atoms with Crippen LogP contribution < -0.4 is 10.3 Å². The fourth-order valence-corrected chi connectivity index (χ4v) is 4.58. The summed E-state index contributed by atoms with van der Waals surface area (Å²) >= 11 is 5.97. The zero-order valence-corrected chi connectivity index (χ0v) is 18.7. The largest absolute Gasteiger partial charge is 0.489 e. The molecule has 3 aromatic rings. The van der Waals surface area contributed by atoms with Gasteiger partial charge in [0.2, 0.25) is 0 Å². The lowest BCUT2D eigenvalue weighted by Gasteiger charge is -2.32. The van der Waals surface area contributed by atoms with Gasteiger partial charge in [0.25, 0.3) is 5.56 Å². The Morgan fingerprint density at radius 2 is 2.06 bits per heavy atom. The van der Waals surface area contributed by atoms with E-state index in [9.17, 15) is 14.9 Å². The molecule has 0 saturated carbocycles. The van der Waals surface area contributed by atoms with Gasteiger partial charge in [-0.1, -0.05) is 23.7 Å². The number of nitriles is 1. The van der Waals surface area contributed by atoms with Gasteiger partial charge in [-0.2, -0.15) is 5.26 Å². The van der Waals surface area contributed by atoms with Crippen molar-refractivity contribution in [2.45, 2.75) is 38.5 Å². The highest BCUT2D eigenvalue weighted by atomic mass is 35.5. The van der Waals surface area contributed by atoms with Crippen LogP contribution in [0.1, 0.15) is 29.8 Å². The summed E-state index contributed by atoms with van der Waals surface area (Å²) in [5, 5.41) is 10.7. The summed E-state index contributed by atoms with van der Waals surface area (Å²) in [6, 6.07) is 12.7. The van der Waals surface area contributed by atoms with Gasteiger partial charge in [-0.05, 0) is 36.8 Å². The molecule has 1 aromatic heterocycles. The maximum absolute atomic E-state index is 13.3. The molecule has 0 spiro atoms. The van der Waals surface area contributed by atoms with Gasteiger partial charge >= 0.3 is 6.09 Å². The molecular weight excluding hydrogens is 444 g/mol. The molecule has 0 radical (unpaired) electrons. The van der Waals surface area contributed by atoms with Crippen molar-refractivity contribution >= 4 is 28.6 Å². The summed E-state index contributed by atoms with van der Waals surface area (Å²) in [6.07, 6.45) is 0.771. The number of carbonyl (C=O) groups excluding carboxylic acids is 1. The van der Waals surface area contributed by atoms with E-state index in [4.69, 9.17) is 21.1 Å². The van der Waals surface area contributed by atoms with E-state index in [1.165, 1.54) is 0 Å². The Bertz CT molecular complexity index is 1350. The van der Waals surface area contributed by atoms with Crippen LogP contribution >= 0.6 is 11.6 Å². The minimum atomic E-state index is -0.287. The van der Waals surface area contributed by atoms with Crippen molar-refractivity contribution in [1.82, 2.24) is 14.5 Å². The van der Waals surface area contributed by atoms with E-state index < -0.39 is 0 Å². The fraction of sp³-hybridized carbons (Fsp3) is 0.333. The van der Waals surface area contributed by atoms with Crippen molar-refractivity contribution < 1.29 is 14.3 Å². The zero-order valence-electron chi connectivity index (χ0n) is 18.0. The molecule has 0 unspecified atom stereocenters. The molecule has 0 N–H and O–H groups in total. The highest BCUT2D eigenvalue weighted by Gasteiger charge is 2.39. The molecule has 168 valence electrons. The van der Waals surface area contributed by atoms with Crippen molar-refractivity contribution in [3.05, 3.63) is 68.7 Å². The second kappa shape index (κ2) is 8.41. The van der Waals surface area contributed by atoms with Gasteiger partial charge < -0.3 is 14.4 Å². The first kappa shape index (κ1) is 21.3. The maximum atomic E-state index is 13.3. The van der Waals surface area contributed by atoms with Crippen LogP contribution in [0.4, 0.5) is 4.79 Å². The van der Waals surface area contributed by atoms with Crippen LogP contribution in [0.3, 0.4) is 0 Å². The van der Waals surface area contributed by atoms with E-state index in [0.29, 0.717) is 65.6 Å². The lowest BCUT2D eigenvalue weighted by atomic mass is 10.0. The Morgan fingerprint density at radius 1 is 1.27 bits per heavy atom. The van der Waals surface area contributed by atoms with E-state index in [1.54, 1.807) is 40.7 Å². The summed E-state index contributed by atoms with van der Waals surface area (Å²) < 4.78 is 12.9. The first-order valence-electron chi connectivity index (χ1n) is 10.7. The third-order valence-corrected chi connectivity index (χ3v) is 6.47. The number of hydrogen-bond donors (Lipinski definition) is 0. The molecule has 0 aliphatic carbocycles. The fourth-order valence-electron chi connectivity index (χ4n) is 4.45. The molecule has 3 heterocycles. The van der Waals surface area contributed by atoms with Crippen LogP contribution in [-0.4, -0.2) is 45.8 Å². The quantitative estimate of drug-likeness (QED) is 0.584. The number of nitrogens with zero attached hydrogens (tertiary/aromatic N) is 4. The summed E-state index contributed by atoms with van der Waals surface area (Å²) in [5.41, 5.74) is 1.51. The molecular formula is C24H21ClN4O4. The second-order valence-corrected chi connectivity index (χ2v) is 8.78. The molecule has 9 heteroatoms. The molecule has 2 aliphatic rings. The van der Waals surface area contributed by atoms with E-state index in [0.717, 1.165) is 5.56 Å². The van der Waals surface area contributed by atoms with Crippen molar-refractivity contribution in [2.24, 2.45) is 0 Å². The van der Waals surface area contributed by atoms with Gasteiger partial charge in [-0.25, -0.2) is 9.78 Å². The van der Waals surface area contributed by atoms with E-state index >= 15 is 0 Å². The number of aromatic nitrogens is 2. The van der Waals surface area contributed by atoms with Gasteiger partial charge in [0.15, 0.2) is 0 Å². The SMILES string of the molecule is Cc1nc2cc(C#N)c(O[C@H]3CCN4C(=O)OC[C@@H]4C3)cc2c(=O)n1Cc1ccc(Cl)cc1. The van der Waals surface area contributed by atoms with Gasteiger partial charge in [0, 0.05) is 24.4 Å². The number of cyclic esters (lactones) is 1. The first-order valence-corrected chi connectivity index (χ1v) is 11.1. The van der Waals surface area contributed by atoms with E-state index in [2.05, 4.69) is 11.1 Å². The predicted molar refractivity (Wildman–Crippen MR) is 122 cm³/mol. The van der Waals surface area contributed by atoms with E-state index in [1.807, 2.05) is 12.1 Å². The number of aryl methyl sites for hydroxylation is 1. The molecule has 33 heavy (non-hydrogen) atoms. The summed E-state index contributed by atoms with van der Waals surface area (Å²) in [5.74, 6) is 0.910. The average molecular weight is 465 g/mol. The van der Waals surface area contributed by atoms with Gasteiger partial charge in [0.05, 0.1) is 29.1 Å². The molecule has 8 nitrogen and oxygen atoms in total. The zero-order chi connectivity index (χ0) is 23.1. The number of carbonyl (C=O) groups is 1. The van der Waals surface area contributed by atoms with Crippen molar-refractivity contribution in [3.63, 3.8) is 0 Å². The highest BCUT2D eigenvalue weighted by Crippen LogP contribution is 2.30. The lowest BCUT2D eigenvalue weighted by molar-refractivity contribution is 0.0934. The molecule has 2 saturated heterocycles. The number of ether oxygens (including phenoxy) is 2. The number of amides is 1. The third kappa shape index (κ3) is 4.00. The van der Waals surface area contributed by atoms with Crippen LogP contribution in [0, 0.1) is 18.3 Å². The Labute approximate surface area is 194 Å². The summed E-state index contributed by atoms with van der Waals surface area (Å²) in [7, 11) is 0. The normalized spacial score (nSPS) is 19.8. The Hall–Kier alpha value is -3.57. The van der Waals surface area contributed by atoms with Crippen molar-refractivity contribution in [1.29, 1.82) is 5.26 Å². The van der Waals surface area contributed by atoms with Crippen LogP contribution in [0.15, 0.2) is 41.2 Å². The Balaban J connectivity index is 1.48. The topological polar surface area (TPSA) is 97.5 Å². The Kier molecular flexibility index (Phi) is 5.43. The molecule has 2 aliphatic heterocycles. The maximum Gasteiger partial charge on any atom is 0.410 e. The number of fused-ring (bicyclic) bond motifs is 2. The van der Waals surface area contributed by atoms with Crippen LogP contribution in [0.25, 0.3) is 10.9 Å². The van der Waals surface area contributed by atoms with Gasteiger partial charge in [0.1, 0.15) is 30.4 Å². The Morgan fingerprint density at radius 3 is 2.82 bits per heavy atom. The molecule has 0 bridgehead atoms. The lowest BCUT2D eigenvalue weighted by Crippen LogP contribution is -2.44. The van der Waals surface area contributed by atoms with Gasteiger partial charge in [-0.3, -0.25) is 9.36 Å². The number of piperidine rings is 1.